The lowest BCUT2D eigenvalue weighted by atomic mass is 10.0. The number of hydrogen-bond acceptors (Lipinski definition) is 4. The zero-order valence-corrected chi connectivity index (χ0v) is 10.2. The second-order valence-corrected chi connectivity index (χ2v) is 3.36. The van der Waals surface area contributed by atoms with Crippen LogP contribution in [0.15, 0.2) is 30.8 Å². The SMILES string of the molecule is C=C(C(=O)OC)c1ccccc1C(OC)OC. The normalized spacial score (nSPS) is 10.4. The summed E-state index contributed by atoms with van der Waals surface area (Å²) in [5.74, 6) is -0.469. The van der Waals surface area contributed by atoms with Crippen LogP contribution in [0.5, 0.6) is 0 Å². The van der Waals surface area contributed by atoms with Gasteiger partial charge in [-0.25, -0.2) is 4.79 Å². The van der Waals surface area contributed by atoms with Gasteiger partial charge >= 0.3 is 5.97 Å². The molecule has 0 aliphatic rings. The Labute approximate surface area is 101 Å². The number of esters is 1. The Balaban J connectivity index is 3.15. The molecule has 17 heavy (non-hydrogen) atoms. The van der Waals surface area contributed by atoms with Crippen molar-refractivity contribution in [2.75, 3.05) is 21.3 Å². The molecule has 0 atom stereocenters. The molecule has 1 rings (SSSR count). The van der Waals surface area contributed by atoms with Crippen LogP contribution in [0.25, 0.3) is 5.57 Å². The van der Waals surface area contributed by atoms with Crippen molar-refractivity contribution in [3.05, 3.63) is 42.0 Å². The van der Waals surface area contributed by atoms with Crippen LogP contribution in [0.1, 0.15) is 17.4 Å². The number of ether oxygens (including phenoxy) is 3. The van der Waals surface area contributed by atoms with Gasteiger partial charge in [0.15, 0.2) is 6.29 Å². The molecule has 1 aromatic carbocycles. The molecule has 0 amide bonds. The summed E-state index contributed by atoms with van der Waals surface area (Å²) in [5, 5.41) is 0. The maximum atomic E-state index is 11.5. The highest BCUT2D eigenvalue weighted by atomic mass is 16.7. The summed E-state index contributed by atoms with van der Waals surface area (Å²) in [5.41, 5.74) is 1.68. The van der Waals surface area contributed by atoms with Crippen molar-refractivity contribution >= 4 is 11.5 Å². The lowest BCUT2D eigenvalue weighted by molar-refractivity contribution is -0.133. The molecule has 0 aliphatic carbocycles. The van der Waals surface area contributed by atoms with Crippen LogP contribution in [0.4, 0.5) is 0 Å². The van der Waals surface area contributed by atoms with E-state index in [0.29, 0.717) is 5.56 Å². The second-order valence-electron chi connectivity index (χ2n) is 3.36. The van der Waals surface area contributed by atoms with Crippen LogP contribution >= 0.6 is 0 Å². The topological polar surface area (TPSA) is 44.8 Å². The largest absolute Gasteiger partial charge is 0.465 e. The summed E-state index contributed by atoms with van der Waals surface area (Å²) >= 11 is 0. The summed E-state index contributed by atoms with van der Waals surface area (Å²) < 4.78 is 15.0. The van der Waals surface area contributed by atoms with E-state index < -0.39 is 12.3 Å². The third-order valence-corrected chi connectivity index (χ3v) is 2.40. The van der Waals surface area contributed by atoms with Gasteiger partial charge in [0.05, 0.1) is 12.7 Å². The smallest absolute Gasteiger partial charge is 0.337 e. The van der Waals surface area contributed by atoms with Crippen LogP contribution in [0.2, 0.25) is 0 Å². The Morgan fingerprint density at radius 3 is 2.29 bits per heavy atom. The molecule has 0 bridgehead atoms. The highest BCUT2D eigenvalue weighted by molar-refractivity contribution is 6.16. The van der Waals surface area contributed by atoms with Gasteiger partial charge in [-0.3, -0.25) is 0 Å². The van der Waals surface area contributed by atoms with E-state index in [1.54, 1.807) is 6.07 Å². The predicted molar refractivity (Wildman–Crippen MR) is 64.3 cm³/mol. The minimum Gasteiger partial charge on any atom is -0.465 e. The van der Waals surface area contributed by atoms with Gasteiger partial charge in [-0.2, -0.15) is 0 Å². The van der Waals surface area contributed by atoms with Crippen LogP contribution in [0.3, 0.4) is 0 Å². The molecule has 0 aromatic heterocycles. The zero-order valence-electron chi connectivity index (χ0n) is 10.2. The molecule has 0 saturated carbocycles. The molecule has 4 heteroatoms. The number of carbonyl (C=O) groups excluding carboxylic acids is 1. The Bertz CT molecular complexity index is 408. The average Bonchev–Trinajstić information content (AvgIpc) is 2.39. The van der Waals surface area contributed by atoms with E-state index in [9.17, 15) is 4.79 Å². The van der Waals surface area contributed by atoms with Gasteiger partial charge in [0.2, 0.25) is 0 Å². The fourth-order valence-electron chi connectivity index (χ4n) is 1.56. The molecule has 0 saturated heterocycles. The molecule has 0 N–H and O–H groups in total. The highest BCUT2D eigenvalue weighted by Crippen LogP contribution is 2.26. The molecule has 0 aliphatic heterocycles. The monoisotopic (exact) mass is 236 g/mol. The average molecular weight is 236 g/mol. The lowest BCUT2D eigenvalue weighted by Crippen LogP contribution is -2.10. The first-order valence-electron chi connectivity index (χ1n) is 5.07. The van der Waals surface area contributed by atoms with Gasteiger partial charge in [0, 0.05) is 19.8 Å². The van der Waals surface area contributed by atoms with Gasteiger partial charge in [0.25, 0.3) is 0 Å². The van der Waals surface area contributed by atoms with Crippen LogP contribution in [-0.2, 0) is 19.0 Å². The maximum absolute atomic E-state index is 11.5. The van der Waals surface area contributed by atoms with E-state index in [0.717, 1.165) is 5.56 Å². The highest BCUT2D eigenvalue weighted by Gasteiger charge is 2.18. The Kier molecular flexibility index (Phi) is 4.87. The van der Waals surface area contributed by atoms with E-state index in [4.69, 9.17) is 9.47 Å². The third kappa shape index (κ3) is 2.93. The van der Waals surface area contributed by atoms with Gasteiger partial charge in [-0.05, 0) is 5.56 Å². The predicted octanol–water partition coefficient (Wildman–Crippen LogP) is 2.16. The molecular formula is C13H16O4. The quantitative estimate of drug-likeness (QED) is 0.446. The summed E-state index contributed by atoms with van der Waals surface area (Å²) in [7, 11) is 4.39. The summed E-state index contributed by atoms with van der Waals surface area (Å²) in [6.45, 7) is 3.72. The van der Waals surface area contributed by atoms with Crippen LogP contribution in [-0.4, -0.2) is 27.3 Å². The van der Waals surface area contributed by atoms with E-state index in [2.05, 4.69) is 11.3 Å². The van der Waals surface area contributed by atoms with Gasteiger partial charge < -0.3 is 14.2 Å². The fourth-order valence-corrected chi connectivity index (χ4v) is 1.56. The third-order valence-electron chi connectivity index (χ3n) is 2.40. The van der Waals surface area contributed by atoms with Crippen molar-refractivity contribution in [3.63, 3.8) is 0 Å². The fraction of sp³-hybridized carbons (Fsp3) is 0.308. The molecule has 0 radical (unpaired) electrons. The van der Waals surface area contributed by atoms with Gasteiger partial charge in [0.1, 0.15) is 0 Å². The summed E-state index contributed by atoms with van der Waals surface area (Å²) in [6, 6.07) is 7.25. The van der Waals surface area contributed by atoms with Crippen LogP contribution < -0.4 is 0 Å². The minimum absolute atomic E-state index is 0.280. The second kappa shape index (κ2) is 6.18. The van der Waals surface area contributed by atoms with Gasteiger partial charge in [-0.15, -0.1) is 0 Å². The van der Waals surface area contributed by atoms with Crippen molar-refractivity contribution in [1.29, 1.82) is 0 Å². The number of methoxy groups -OCH3 is 3. The molecule has 4 nitrogen and oxygen atoms in total. The molecule has 0 heterocycles. The van der Waals surface area contributed by atoms with Gasteiger partial charge in [-0.1, -0.05) is 30.8 Å². The van der Waals surface area contributed by atoms with Crippen molar-refractivity contribution in [2.45, 2.75) is 6.29 Å². The lowest BCUT2D eigenvalue weighted by Gasteiger charge is -2.17. The zero-order chi connectivity index (χ0) is 12.8. The Morgan fingerprint density at radius 2 is 1.76 bits per heavy atom. The van der Waals surface area contributed by atoms with Crippen molar-refractivity contribution in [1.82, 2.24) is 0 Å². The Hall–Kier alpha value is -1.65. The number of hydrogen-bond donors (Lipinski definition) is 0. The van der Waals surface area contributed by atoms with E-state index in [-0.39, 0.29) is 5.57 Å². The first-order valence-corrected chi connectivity index (χ1v) is 5.07. The van der Waals surface area contributed by atoms with E-state index in [1.807, 2.05) is 18.2 Å². The molecule has 0 fully saturated rings. The molecule has 1 aromatic rings. The number of benzene rings is 1. The molecular weight excluding hydrogens is 220 g/mol. The van der Waals surface area contributed by atoms with Crippen molar-refractivity contribution < 1.29 is 19.0 Å². The molecule has 0 spiro atoms. The Morgan fingerprint density at radius 1 is 1.18 bits per heavy atom. The summed E-state index contributed by atoms with van der Waals surface area (Å²) in [6.07, 6.45) is -0.535. The maximum Gasteiger partial charge on any atom is 0.337 e. The molecule has 92 valence electrons. The van der Waals surface area contributed by atoms with E-state index in [1.165, 1.54) is 21.3 Å². The first kappa shape index (κ1) is 13.4. The number of rotatable bonds is 5. The molecule has 0 unspecified atom stereocenters. The summed E-state index contributed by atoms with van der Waals surface area (Å²) in [4.78, 5) is 11.5. The standard InChI is InChI=1S/C13H16O4/c1-9(12(14)15-2)10-7-5-6-8-11(10)13(16-3)17-4/h5-8,13H,1H2,2-4H3. The van der Waals surface area contributed by atoms with Crippen LogP contribution in [0, 0.1) is 0 Å². The van der Waals surface area contributed by atoms with E-state index >= 15 is 0 Å². The van der Waals surface area contributed by atoms with Crippen molar-refractivity contribution in [3.8, 4) is 0 Å². The minimum atomic E-state index is -0.535. The van der Waals surface area contributed by atoms with Crippen molar-refractivity contribution in [2.24, 2.45) is 0 Å². The first-order chi connectivity index (χ1) is 8.15. The number of carbonyl (C=O) groups is 1.